The highest BCUT2D eigenvalue weighted by Crippen LogP contribution is 2.27. The van der Waals surface area contributed by atoms with Crippen molar-refractivity contribution in [2.75, 3.05) is 24.6 Å². The van der Waals surface area contributed by atoms with Gasteiger partial charge in [0.25, 0.3) is 0 Å². The number of amides is 2. The van der Waals surface area contributed by atoms with Gasteiger partial charge in [-0.3, -0.25) is 9.59 Å². The number of benzene rings is 1. The van der Waals surface area contributed by atoms with Crippen molar-refractivity contribution in [1.29, 1.82) is 0 Å². The van der Waals surface area contributed by atoms with Crippen LogP contribution >= 0.6 is 0 Å². The van der Waals surface area contributed by atoms with Gasteiger partial charge in [-0.25, -0.2) is 0 Å². The van der Waals surface area contributed by atoms with Gasteiger partial charge in [-0.15, -0.1) is 0 Å². The quantitative estimate of drug-likeness (QED) is 0.798. The molecule has 2 amide bonds. The molecule has 0 radical (unpaired) electrons. The molecule has 0 aromatic heterocycles. The van der Waals surface area contributed by atoms with E-state index in [9.17, 15) is 9.59 Å². The zero-order chi connectivity index (χ0) is 14.7. The Morgan fingerprint density at radius 2 is 2.00 bits per heavy atom. The standard InChI is InChI=1S/C15H20N2O3/c1-10-7-11(2)9-12(8-10)17-5-3-13(15(17)20)14(19)16-4-6-18/h7-9,13,18H,3-6H2,1-2H3,(H,16,19). The van der Waals surface area contributed by atoms with E-state index in [1.807, 2.05) is 26.0 Å². The minimum Gasteiger partial charge on any atom is -0.395 e. The molecule has 1 saturated heterocycles. The van der Waals surface area contributed by atoms with Gasteiger partial charge in [0.15, 0.2) is 0 Å². The highest BCUT2D eigenvalue weighted by atomic mass is 16.3. The van der Waals surface area contributed by atoms with E-state index in [1.54, 1.807) is 4.90 Å². The van der Waals surface area contributed by atoms with Crippen LogP contribution in [0, 0.1) is 19.8 Å². The van der Waals surface area contributed by atoms with Crippen LogP contribution in [0.15, 0.2) is 18.2 Å². The van der Waals surface area contributed by atoms with E-state index in [-0.39, 0.29) is 25.0 Å². The molecule has 5 heteroatoms. The summed E-state index contributed by atoms with van der Waals surface area (Å²) in [5, 5.41) is 11.3. The molecule has 1 fully saturated rings. The Morgan fingerprint density at radius 3 is 2.60 bits per heavy atom. The number of carbonyl (C=O) groups is 2. The van der Waals surface area contributed by atoms with Crippen molar-refractivity contribution in [2.24, 2.45) is 5.92 Å². The molecule has 108 valence electrons. The van der Waals surface area contributed by atoms with Gasteiger partial charge >= 0.3 is 0 Å². The molecule has 1 unspecified atom stereocenters. The highest BCUT2D eigenvalue weighted by Gasteiger charge is 2.37. The third-order valence-electron chi connectivity index (χ3n) is 3.45. The Morgan fingerprint density at radius 1 is 1.35 bits per heavy atom. The van der Waals surface area contributed by atoms with Crippen molar-refractivity contribution >= 4 is 17.5 Å². The van der Waals surface area contributed by atoms with Crippen LogP contribution < -0.4 is 10.2 Å². The van der Waals surface area contributed by atoms with E-state index in [0.29, 0.717) is 13.0 Å². The number of rotatable bonds is 4. The van der Waals surface area contributed by atoms with Crippen LogP contribution in [-0.2, 0) is 9.59 Å². The van der Waals surface area contributed by atoms with E-state index >= 15 is 0 Å². The van der Waals surface area contributed by atoms with E-state index in [4.69, 9.17) is 5.11 Å². The summed E-state index contributed by atoms with van der Waals surface area (Å²) in [5.41, 5.74) is 3.05. The molecule has 5 nitrogen and oxygen atoms in total. The first kappa shape index (κ1) is 14.5. The van der Waals surface area contributed by atoms with Crippen LogP contribution in [0.5, 0.6) is 0 Å². The van der Waals surface area contributed by atoms with Crippen molar-refractivity contribution in [3.8, 4) is 0 Å². The molecule has 2 N–H and O–H groups in total. The lowest BCUT2D eigenvalue weighted by molar-refractivity contribution is -0.132. The summed E-state index contributed by atoms with van der Waals surface area (Å²) in [4.78, 5) is 25.9. The van der Waals surface area contributed by atoms with Crippen molar-refractivity contribution in [3.05, 3.63) is 29.3 Å². The molecule has 1 aliphatic heterocycles. The number of nitrogens with zero attached hydrogens (tertiary/aromatic N) is 1. The van der Waals surface area contributed by atoms with E-state index in [2.05, 4.69) is 11.4 Å². The fourth-order valence-corrected chi connectivity index (χ4v) is 2.59. The Kier molecular flexibility index (Phi) is 4.39. The summed E-state index contributed by atoms with van der Waals surface area (Å²) >= 11 is 0. The minimum absolute atomic E-state index is 0.118. The summed E-state index contributed by atoms with van der Waals surface area (Å²) in [6, 6.07) is 5.97. The number of aryl methyl sites for hydroxylation is 2. The van der Waals surface area contributed by atoms with Crippen LogP contribution in [0.2, 0.25) is 0 Å². The number of anilines is 1. The van der Waals surface area contributed by atoms with Gasteiger partial charge in [0.1, 0.15) is 5.92 Å². The molecule has 1 aliphatic rings. The second-order valence-corrected chi connectivity index (χ2v) is 5.19. The van der Waals surface area contributed by atoms with Crippen molar-refractivity contribution in [1.82, 2.24) is 5.32 Å². The fourth-order valence-electron chi connectivity index (χ4n) is 2.59. The van der Waals surface area contributed by atoms with Gasteiger partial charge < -0.3 is 15.3 Å². The normalized spacial score (nSPS) is 18.4. The zero-order valence-corrected chi connectivity index (χ0v) is 11.8. The summed E-state index contributed by atoms with van der Waals surface area (Å²) in [6.45, 7) is 4.60. The first-order valence-corrected chi connectivity index (χ1v) is 6.81. The van der Waals surface area contributed by atoms with Gasteiger partial charge in [0, 0.05) is 18.8 Å². The van der Waals surface area contributed by atoms with Crippen LogP contribution in [0.1, 0.15) is 17.5 Å². The molecule has 1 aromatic rings. The Hall–Kier alpha value is -1.88. The second kappa shape index (κ2) is 6.05. The summed E-state index contributed by atoms with van der Waals surface area (Å²) < 4.78 is 0. The maximum Gasteiger partial charge on any atom is 0.239 e. The molecule has 0 spiro atoms. The number of hydrogen-bond acceptors (Lipinski definition) is 3. The highest BCUT2D eigenvalue weighted by molar-refractivity contribution is 6.09. The average Bonchev–Trinajstić information content (AvgIpc) is 2.76. The van der Waals surface area contributed by atoms with Crippen molar-refractivity contribution < 1.29 is 14.7 Å². The number of aliphatic hydroxyl groups is 1. The molecule has 0 aliphatic carbocycles. The molecule has 1 heterocycles. The fraction of sp³-hybridized carbons (Fsp3) is 0.467. The zero-order valence-electron chi connectivity index (χ0n) is 11.8. The van der Waals surface area contributed by atoms with Crippen LogP contribution in [0.4, 0.5) is 5.69 Å². The third-order valence-corrected chi connectivity index (χ3v) is 3.45. The summed E-state index contributed by atoms with van der Waals surface area (Å²) in [6.07, 6.45) is 0.517. The number of nitrogens with one attached hydrogen (secondary N) is 1. The lowest BCUT2D eigenvalue weighted by Crippen LogP contribution is -2.37. The van der Waals surface area contributed by atoms with E-state index < -0.39 is 5.92 Å². The van der Waals surface area contributed by atoms with E-state index in [0.717, 1.165) is 16.8 Å². The average molecular weight is 276 g/mol. The lowest BCUT2D eigenvalue weighted by Gasteiger charge is -2.18. The lowest BCUT2D eigenvalue weighted by atomic mass is 10.1. The van der Waals surface area contributed by atoms with Gasteiger partial charge in [0.2, 0.25) is 11.8 Å². The van der Waals surface area contributed by atoms with Crippen LogP contribution in [0.3, 0.4) is 0 Å². The largest absolute Gasteiger partial charge is 0.395 e. The van der Waals surface area contributed by atoms with Gasteiger partial charge in [0.05, 0.1) is 6.61 Å². The summed E-state index contributed by atoms with van der Waals surface area (Å²) in [7, 11) is 0. The molecule has 1 aromatic carbocycles. The maximum absolute atomic E-state index is 12.3. The minimum atomic E-state index is -0.637. The molecule has 20 heavy (non-hydrogen) atoms. The molecule has 0 bridgehead atoms. The SMILES string of the molecule is Cc1cc(C)cc(N2CCC(C(=O)NCCO)C2=O)c1. The van der Waals surface area contributed by atoms with Crippen molar-refractivity contribution in [2.45, 2.75) is 20.3 Å². The third kappa shape index (κ3) is 2.99. The first-order valence-electron chi connectivity index (χ1n) is 6.81. The topological polar surface area (TPSA) is 69.6 Å². The second-order valence-electron chi connectivity index (χ2n) is 5.19. The predicted molar refractivity (Wildman–Crippen MR) is 76.5 cm³/mol. The number of aliphatic hydroxyl groups excluding tert-OH is 1. The molecular formula is C15H20N2O3. The first-order chi connectivity index (χ1) is 9.52. The van der Waals surface area contributed by atoms with Gasteiger partial charge in [-0.05, 0) is 43.5 Å². The molecular weight excluding hydrogens is 256 g/mol. The number of carbonyl (C=O) groups excluding carboxylic acids is 2. The molecule has 0 saturated carbocycles. The predicted octanol–water partition coefficient (Wildman–Crippen LogP) is 0.765. The monoisotopic (exact) mass is 276 g/mol. The van der Waals surface area contributed by atoms with Gasteiger partial charge in [-0.1, -0.05) is 6.07 Å². The number of hydrogen-bond donors (Lipinski definition) is 2. The van der Waals surface area contributed by atoms with Gasteiger partial charge in [-0.2, -0.15) is 0 Å². The Labute approximate surface area is 118 Å². The van der Waals surface area contributed by atoms with Crippen LogP contribution in [0.25, 0.3) is 0 Å². The van der Waals surface area contributed by atoms with Crippen LogP contribution in [-0.4, -0.2) is 36.6 Å². The summed E-state index contributed by atoms with van der Waals surface area (Å²) in [5.74, 6) is -1.09. The molecule has 2 rings (SSSR count). The van der Waals surface area contributed by atoms with E-state index in [1.165, 1.54) is 0 Å². The smallest absolute Gasteiger partial charge is 0.239 e. The Balaban J connectivity index is 2.12. The Bertz CT molecular complexity index is 508. The molecule has 1 atom stereocenters. The maximum atomic E-state index is 12.3. The van der Waals surface area contributed by atoms with Crippen molar-refractivity contribution in [3.63, 3.8) is 0 Å².